The molecule has 0 spiro atoms. The Bertz CT molecular complexity index is 374. The van der Waals surface area contributed by atoms with Crippen molar-refractivity contribution in [2.24, 2.45) is 0 Å². The topological polar surface area (TPSA) is 37.8 Å². The molecule has 0 radical (unpaired) electrons. The summed E-state index contributed by atoms with van der Waals surface area (Å²) in [5.74, 6) is 0.979. The van der Waals surface area contributed by atoms with Gasteiger partial charge in [0.15, 0.2) is 0 Å². The van der Waals surface area contributed by atoms with Crippen LogP contribution in [0.3, 0.4) is 0 Å². The molecule has 1 aliphatic heterocycles. The third kappa shape index (κ3) is 2.09. The van der Waals surface area contributed by atoms with Gasteiger partial charge in [0.05, 0.1) is 5.69 Å². The largest absolute Gasteiger partial charge is 0.311 e. The van der Waals surface area contributed by atoms with E-state index in [0.717, 1.165) is 31.8 Å². The van der Waals surface area contributed by atoms with E-state index in [1.54, 1.807) is 0 Å². The van der Waals surface area contributed by atoms with Gasteiger partial charge in [0.25, 0.3) is 0 Å². The van der Waals surface area contributed by atoms with Crippen LogP contribution in [0, 0.1) is 0 Å². The third-order valence-electron chi connectivity index (χ3n) is 3.03. The van der Waals surface area contributed by atoms with Crippen LogP contribution in [0.1, 0.15) is 50.5 Å². The first-order valence-corrected chi connectivity index (χ1v) is 6.12. The van der Waals surface area contributed by atoms with E-state index < -0.39 is 0 Å². The zero-order valence-corrected chi connectivity index (χ0v) is 10.7. The van der Waals surface area contributed by atoms with Gasteiger partial charge < -0.3 is 5.32 Å². The lowest BCUT2D eigenvalue weighted by Gasteiger charge is -2.24. The van der Waals surface area contributed by atoms with E-state index in [9.17, 15) is 0 Å². The third-order valence-corrected chi connectivity index (χ3v) is 3.03. The highest BCUT2D eigenvalue weighted by Crippen LogP contribution is 2.23. The van der Waals surface area contributed by atoms with Crippen molar-refractivity contribution in [3.05, 3.63) is 22.8 Å². The van der Waals surface area contributed by atoms with Crippen molar-refractivity contribution in [1.29, 1.82) is 0 Å². The Hall–Kier alpha value is -0.960. The molecule has 0 unspecified atom stereocenters. The van der Waals surface area contributed by atoms with Crippen molar-refractivity contribution in [1.82, 2.24) is 15.3 Å². The highest BCUT2D eigenvalue weighted by molar-refractivity contribution is 5.29. The van der Waals surface area contributed by atoms with Gasteiger partial charge in [-0.05, 0) is 24.9 Å². The minimum atomic E-state index is 0.0381. The molecule has 3 nitrogen and oxygen atoms in total. The Kier molecular flexibility index (Phi) is 2.98. The summed E-state index contributed by atoms with van der Waals surface area (Å²) in [5, 5.41) is 3.38. The zero-order chi connectivity index (χ0) is 11.8. The van der Waals surface area contributed by atoms with Crippen molar-refractivity contribution < 1.29 is 0 Å². The number of nitrogens with zero attached hydrogens (tertiary/aromatic N) is 2. The predicted molar refractivity (Wildman–Crippen MR) is 65.5 cm³/mol. The fourth-order valence-electron chi connectivity index (χ4n) is 2.07. The molecule has 1 aromatic rings. The second-order valence-corrected chi connectivity index (χ2v) is 5.45. The number of aryl methyl sites for hydroxylation is 1. The number of rotatable bonds is 1. The quantitative estimate of drug-likeness (QED) is 0.785. The number of fused-ring (bicyclic) bond motifs is 1. The lowest BCUT2D eigenvalue weighted by Crippen LogP contribution is -2.29. The summed E-state index contributed by atoms with van der Waals surface area (Å²) >= 11 is 0. The molecule has 1 aromatic heterocycles. The van der Waals surface area contributed by atoms with Crippen molar-refractivity contribution in [2.45, 2.75) is 52.5 Å². The normalized spacial score (nSPS) is 16.0. The van der Waals surface area contributed by atoms with Gasteiger partial charge in [-0.15, -0.1) is 0 Å². The van der Waals surface area contributed by atoms with Gasteiger partial charge in [-0.2, -0.15) is 0 Å². The van der Waals surface area contributed by atoms with Crippen LogP contribution < -0.4 is 5.32 Å². The Labute approximate surface area is 97.7 Å². The Morgan fingerprint density at radius 3 is 2.62 bits per heavy atom. The molecular weight excluding hydrogens is 198 g/mol. The first kappa shape index (κ1) is 11.5. The Morgan fingerprint density at radius 2 is 2.00 bits per heavy atom. The van der Waals surface area contributed by atoms with Crippen LogP contribution in [0.15, 0.2) is 0 Å². The van der Waals surface area contributed by atoms with Crippen LogP contribution in [-0.4, -0.2) is 16.5 Å². The summed E-state index contributed by atoms with van der Waals surface area (Å²) in [4.78, 5) is 9.46. The van der Waals surface area contributed by atoms with Crippen LogP contribution >= 0.6 is 0 Å². The first-order chi connectivity index (χ1) is 7.52. The average Bonchev–Trinajstić information content (AvgIpc) is 2.26. The van der Waals surface area contributed by atoms with E-state index in [4.69, 9.17) is 9.97 Å². The molecule has 0 saturated carbocycles. The van der Waals surface area contributed by atoms with Crippen LogP contribution in [0.25, 0.3) is 0 Å². The predicted octanol–water partition coefficient (Wildman–Crippen LogP) is 1.98. The van der Waals surface area contributed by atoms with Gasteiger partial charge in [0.2, 0.25) is 0 Å². The minimum absolute atomic E-state index is 0.0381. The maximum Gasteiger partial charge on any atom is 0.134 e. The smallest absolute Gasteiger partial charge is 0.134 e. The highest BCUT2D eigenvalue weighted by atomic mass is 15.0. The maximum atomic E-state index is 4.74. The Morgan fingerprint density at radius 1 is 1.25 bits per heavy atom. The lowest BCUT2D eigenvalue weighted by molar-refractivity contribution is 0.522. The average molecular weight is 219 g/mol. The lowest BCUT2D eigenvalue weighted by atomic mass is 9.94. The summed E-state index contributed by atoms with van der Waals surface area (Å²) in [6.45, 7) is 10.6. The summed E-state index contributed by atoms with van der Waals surface area (Å²) in [6.07, 6.45) is 2.08. The van der Waals surface area contributed by atoms with E-state index in [-0.39, 0.29) is 5.41 Å². The van der Waals surface area contributed by atoms with Gasteiger partial charge in [0.1, 0.15) is 5.82 Å². The molecule has 88 valence electrons. The molecule has 0 atom stereocenters. The first-order valence-electron chi connectivity index (χ1n) is 6.12. The molecule has 0 fully saturated rings. The van der Waals surface area contributed by atoms with E-state index in [1.165, 1.54) is 17.0 Å². The zero-order valence-electron chi connectivity index (χ0n) is 10.7. The number of hydrogen-bond acceptors (Lipinski definition) is 3. The molecule has 1 aliphatic rings. The summed E-state index contributed by atoms with van der Waals surface area (Å²) in [5.41, 5.74) is 3.88. The molecule has 0 aromatic carbocycles. The number of aromatic nitrogens is 2. The van der Waals surface area contributed by atoms with E-state index in [0.29, 0.717) is 0 Å². The van der Waals surface area contributed by atoms with Crippen LogP contribution in [-0.2, 0) is 24.8 Å². The molecule has 2 rings (SSSR count). The second kappa shape index (κ2) is 4.13. The fraction of sp³-hybridized carbons (Fsp3) is 0.692. The fourth-order valence-corrected chi connectivity index (χ4v) is 2.07. The van der Waals surface area contributed by atoms with Crippen LogP contribution in [0.5, 0.6) is 0 Å². The van der Waals surface area contributed by atoms with Gasteiger partial charge >= 0.3 is 0 Å². The molecule has 2 heterocycles. The van der Waals surface area contributed by atoms with Crippen LogP contribution in [0.4, 0.5) is 0 Å². The molecule has 3 heteroatoms. The standard InChI is InChI=1S/C13H21N3/c1-5-10-9-6-7-14-8-11(9)16-12(15-10)13(2,3)4/h14H,5-8H2,1-4H3. The second-order valence-electron chi connectivity index (χ2n) is 5.45. The monoisotopic (exact) mass is 219 g/mol. The molecular formula is C13H21N3. The molecule has 0 aliphatic carbocycles. The van der Waals surface area contributed by atoms with Crippen LogP contribution in [0.2, 0.25) is 0 Å². The van der Waals surface area contributed by atoms with E-state index in [2.05, 4.69) is 33.0 Å². The van der Waals surface area contributed by atoms with Crippen molar-refractivity contribution in [3.63, 3.8) is 0 Å². The molecule has 0 amide bonds. The molecule has 0 bridgehead atoms. The van der Waals surface area contributed by atoms with E-state index >= 15 is 0 Å². The van der Waals surface area contributed by atoms with Gasteiger partial charge in [0, 0.05) is 17.7 Å². The SMILES string of the molecule is CCc1nc(C(C)(C)C)nc2c1CCNC2. The summed E-state index contributed by atoms with van der Waals surface area (Å²) in [7, 11) is 0. The molecule has 16 heavy (non-hydrogen) atoms. The summed E-state index contributed by atoms with van der Waals surface area (Å²) < 4.78 is 0. The molecule has 0 saturated heterocycles. The van der Waals surface area contributed by atoms with Crippen molar-refractivity contribution in [3.8, 4) is 0 Å². The Balaban J connectivity index is 2.52. The maximum absolute atomic E-state index is 4.74. The van der Waals surface area contributed by atoms with Crippen molar-refractivity contribution in [2.75, 3.05) is 6.54 Å². The van der Waals surface area contributed by atoms with Crippen molar-refractivity contribution >= 4 is 0 Å². The van der Waals surface area contributed by atoms with Gasteiger partial charge in [-0.1, -0.05) is 27.7 Å². The minimum Gasteiger partial charge on any atom is -0.311 e. The number of hydrogen-bond donors (Lipinski definition) is 1. The summed E-state index contributed by atoms with van der Waals surface area (Å²) in [6, 6.07) is 0. The number of nitrogens with one attached hydrogen (secondary N) is 1. The molecule has 1 N–H and O–H groups in total. The van der Waals surface area contributed by atoms with Gasteiger partial charge in [-0.25, -0.2) is 9.97 Å². The highest BCUT2D eigenvalue weighted by Gasteiger charge is 2.22. The van der Waals surface area contributed by atoms with Gasteiger partial charge in [-0.3, -0.25) is 0 Å². The van der Waals surface area contributed by atoms with E-state index in [1.807, 2.05) is 0 Å².